The highest BCUT2D eigenvalue weighted by Gasteiger charge is 2.45. The number of hydrogen-bond acceptors (Lipinski definition) is 2. The van der Waals surface area contributed by atoms with Crippen LogP contribution in [0.3, 0.4) is 0 Å². The fraction of sp³-hybridized carbons (Fsp3) is 1.00. The molecule has 1 aliphatic rings. The minimum atomic E-state index is -0.0978. The van der Waals surface area contributed by atoms with Crippen LogP contribution >= 0.6 is 0 Å². The van der Waals surface area contributed by atoms with Gasteiger partial charge in [-0.3, -0.25) is 0 Å². The maximum Gasteiger partial charge on any atom is 0.250 e. The van der Waals surface area contributed by atoms with E-state index in [-0.39, 0.29) is 25.9 Å². The lowest BCUT2D eigenvalue weighted by Crippen LogP contribution is -2.41. The SMILES string of the molecule is [BH3-]B1OC(C)(C)C(C)(C)O1. The summed E-state index contributed by atoms with van der Waals surface area (Å²) in [5.74, 6) is 0. The molecule has 0 radical (unpaired) electrons. The lowest BCUT2D eigenvalue weighted by Gasteiger charge is -2.33. The Kier molecular flexibility index (Phi) is 1.64. The second-order valence-corrected chi connectivity index (χ2v) is 3.35. The lowest BCUT2D eigenvalue weighted by atomic mass is 9.63. The van der Waals surface area contributed by atoms with Crippen LogP contribution in [0.1, 0.15) is 27.7 Å². The average Bonchev–Trinajstić information content (AvgIpc) is 1.73. The lowest BCUT2D eigenvalue weighted by molar-refractivity contribution is 0.00578. The van der Waals surface area contributed by atoms with Crippen molar-refractivity contribution in [2.45, 2.75) is 38.9 Å². The van der Waals surface area contributed by atoms with Gasteiger partial charge in [-0.15, -0.1) is 0 Å². The number of rotatable bonds is 0. The van der Waals surface area contributed by atoms with E-state index in [0.717, 1.165) is 0 Å². The molecule has 1 saturated heterocycles. The molecule has 1 rings (SSSR count). The minimum absolute atomic E-state index is 0.0978. The summed E-state index contributed by atoms with van der Waals surface area (Å²) < 4.78 is 11.3. The second kappa shape index (κ2) is 2.02. The molecular weight excluding hydrogens is 126 g/mol. The molecule has 1 aliphatic heterocycles. The third-order valence-corrected chi connectivity index (χ3v) is 2.14. The molecule has 0 aromatic heterocycles. The zero-order chi connectivity index (χ0) is 7.99. The first-order valence-corrected chi connectivity index (χ1v) is 3.13. The highest BCUT2D eigenvalue weighted by Crippen LogP contribution is 2.35. The van der Waals surface area contributed by atoms with Gasteiger partial charge in [-0.25, -0.2) is 0 Å². The molecule has 10 heavy (non-hydrogen) atoms. The summed E-state index contributed by atoms with van der Waals surface area (Å²) in [6.45, 7) is 8.37. The van der Waals surface area contributed by atoms with Crippen molar-refractivity contribution in [1.29, 1.82) is 0 Å². The minimum Gasteiger partial charge on any atom is -0.435 e. The zero-order valence-corrected chi connectivity index (χ0v) is 6.39. The van der Waals surface area contributed by atoms with Gasteiger partial charge in [0.15, 0.2) is 0 Å². The smallest absolute Gasteiger partial charge is 0.250 e. The van der Waals surface area contributed by atoms with E-state index in [0.29, 0.717) is 0 Å². The molecule has 0 aliphatic carbocycles. The zero-order valence-electron chi connectivity index (χ0n) is 6.39. The summed E-state index contributed by atoms with van der Waals surface area (Å²) in [7, 11) is 0.355. The Hall–Kier alpha value is 0.0499. The maximum absolute atomic E-state index is 5.65. The van der Waals surface area contributed by atoms with Crippen molar-refractivity contribution in [1.82, 2.24) is 0 Å². The normalized spacial score (nSPS) is 29.1. The Morgan fingerprint density at radius 2 is 1.30 bits per heavy atom. The van der Waals surface area contributed by atoms with Gasteiger partial charge in [0.05, 0.1) is 11.2 Å². The molecule has 0 spiro atoms. The van der Waals surface area contributed by atoms with Crippen LogP contribution < -0.4 is 0 Å². The first-order chi connectivity index (χ1) is 4.35. The van der Waals surface area contributed by atoms with Crippen LogP contribution in [0.5, 0.6) is 0 Å². The molecule has 1 fully saturated rings. The first kappa shape index (κ1) is 8.15. The average molecular weight is 141 g/mol. The predicted octanol–water partition coefficient (Wildman–Crippen LogP) is -0.0593. The summed E-state index contributed by atoms with van der Waals surface area (Å²) in [5, 5.41) is 0. The molecule has 0 atom stereocenters. The van der Waals surface area contributed by atoms with Crippen molar-refractivity contribution in [2.75, 3.05) is 0 Å². The fourth-order valence-corrected chi connectivity index (χ4v) is 0.548. The predicted molar refractivity (Wildman–Crippen MR) is 46.0 cm³/mol. The van der Waals surface area contributed by atoms with Crippen molar-refractivity contribution in [2.24, 2.45) is 0 Å². The Bertz CT molecular complexity index is 129. The van der Waals surface area contributed by atoms with Gasteiger partial charge in [0.25, 0.3) is 0 Å². The summed E-state index contributed by atoms with van der Waals surface area (Å²) in [6.07, 6.45) is 0. The molecule has 0 aromatic rings. The largest absolute Gasteiger partial charge is 0.435 e. The van der Waals surface area contributed by atoms with E-state index >= 15 is 0 Å². The molecule has 0 saturated carbocycles. The summed E-state index contributed by atoms with van der Waals surface area (Å²) in [5.41, 5.74) is -0.196. The van der Waals surface area contributed by atoms with E-state index in [2.05, 4.69) is 27.7 Å². The van der Waals surface area contributed by atoms with Crippen LogP contribution in [0.2, 0.25) is 0 Å². The summed E-state index contributed by atoms with van der Waals surface area (Å²) in [6, 6.07) is 0. The Balaban J connectivity index is 2.78. The van der Waals surface area contributed by atoms with E-state index in [4.69, 9.17) is 9.31 Å². The fourth-order valence-electron chi connectivity index (χ4n) is 0.548. The highest BCUT2D eigenvalue weighted by atomic mass is 16.7. The summed E-state index contributed by atoms with van der Waals surface area (Å²) >= 11 is 0. The van der Waals surface area contributed by atoms with E-state index < -0.39 is 0 Å². The molecule has 0 aromatic carbocycles. The molecule has 0 bridgehead atoms. The van der Waals surface area contributed by atoms with Crippen molar-refractivity contribution < 1.29 is 9.31 Å². The highest BCUT2D eigenvalue weighted by molar-refractivity contribution is 6.95. The van der Waals surface area contributed by atoms with Gasteiger partial charge in [-0.05, 0) is 27.7 Å². The van der Waals surface area contributed by atoms with Gasteiger partial charge in [0.1, 0.15) is 0 Å². The van der Waals surface area contributed by atoms with E-state index in [9.17, 15) is 0 Å². The molecule has 58 valence electrons. The third kappa shape index (κ3) is 1.10. The van der Waals surface area contributed by atoms with Gasteiger partial charge in [0.2, 0.25) is 7.01 Å². The number of hydrogen-bond donors (Lipinski definition) is 0. The molecule has 0 unspecified atom stereocenters. The van der Waals surface area contributed by atoms with E-state index in [1.54, 1.807) is 0 Å². The Morgan fingerprint density at radius 3 is 1.40 bits per heavy atom. The van der Waals surface area contributed by atoms with Gasteiger partial charge in [-0.2, -0.15) is 0 Å². The molecule has 0 N–H and O–H groups in total. The van der Waals surface area contributed by atoms with Gasteiger partial charge in [-0.1, -0.05) is 0 Å². The second-order valence-electron chi connectivity index (χ2n) is 3.35. The molecule has 0 amide bonds. The van der Waals surface area contributed by atoms with Crippen LogP contribution in [-0.2, 0) is 9.31 Å². The van der Waals surface area contributed by atoms with Crippen molar-refractivity contribution in [3.05, 3.63) is 0 Å². The van der Waals surface area contributed by atoms with Crippen LogP contribution in [0.25, 0.3) is 0 Å². The van der Waals surface area contributed by atoms with E-state index in [1.807, 2.05) is 0 Å². The third-order valence-electron chi connectivity index (χ3n) is 2.14. The molecular formula is C6H15B2O2-. The first-order valence-electron chi connectivity index (χ1n) is 3.13. The quantitative estimate of drug-likeness (QED) is 0.440. The van der Waals surface area contributed by atoms with Gasteiger partial charge < -0.3 is 9.31 Å². The van der Waals surface area contributed by atoms with Crippen molar-refractivity contribution in [3.8, 4) is 0 Å². The molecule has 1 heterocycles. The Labute approximate surface area is 63.8 Å². The van der Waals surface area contributed by atoms with Crippen LogP contribution in [0.15, 0.2) is 0 Å². The van der Waals surface area contributed by atoms with Gasteiger partial charge in [0, 0.05) is 7.74 Å². The Morgan fingerprint density at radius 1 is 1.00 bits per heavy atom. The molecule has 2 nitrogen and oxygen atoms in total. The monoisotopic (exact) mass is 141 g/mol. The maximum atomic E-state index is 5.65. The van der Waals surface area contributed by atoms with Gasteiger partial charge >= 0.3 is 0 Å². The van der Waals surface area contributed by atoms with Crippen LogP contribution in [0.4, 0.5) is 0 Å². The standard InChI is InChI=1S/C6H15B2O2/c1-5(2)6(3,4)10-8(7)9-5/h1-4,7H3/q-1. The van der Waals surface area contributed by atoms with Crippen LogP contribution in [-0.4, -0.2) is 25.9 Å². The molecule has 4 heteroatoms. The van der Waals surface area contributed by atoms with Crippen LogP contribution in [0, 0.1) is 0 Å². The van der Waals surface area contributed by atoms with Crippen molar-refractivity contribution >= 4 is 14.7 Å². The topological polar surface area (TPSA) is 18.5 Å². The van der Waals surface area contributed by atoms with E-state index in [1.165, 1.54) is 0 Å². The summed E-state index contributed by atoms with van der Waals surface area (Å²) in [4.78, 5) is 0. The van der Waals surface area contributed by atoms with Crippen molar-refractivity contribution in [3.63, 3.8) is 0 Å².